The molecule has 0 amide bonds. The van der Waals surface area contributed by atoms with E-state index in [9.17, 15) is 19.8 Å². The summed E-state index contributed by atoms with van der Waals surface area (Å²) in [5, 5.41) is 21.6. The minimum atomic E-state index is -1.53. The van der Waals surface area contributed by atoms with Gasteiger partial charge in [0.1, 0.15) is 0 Å². The molecule has 94 valence electrons. The van der Waals surface area contributed by atoms with Crippen LogP contribution in [0.2, 0.25) is 0 Å². The second-order valence-corrected chi connectivity index (χ2v) is 4.52. The zero-order valence-corrected chi connectivity index (χ0v) is 14.2. The van der Waals surface area contributed by atoms with Crippen molar-refractivity contribution in [2.24, 2.45) is 17.8 Å². The van der Waals surface area contributed by atoms with Gasteiger partial charge in [0.25, 0.3) is 0 Å². The molecule has 0 saturated heterocycles. The van der Waals surface area contributed by atoms with Crippen molar-refractivity contribution in [1.82, 2.24) is 0 Å². The first-order chi connectivity index (χ1) is 7.41. The van der Waals surface area contributed by atoms with E-state index in [0.29, 0.717) is 6.42 Å². The van der Waals surface area contributed by atoms with Gasteiger partial charge in [0.05, 0.1) is 11.9 Å². The normalized spacial score (nSPS) is 11.6. The van der Waals surface area contributed by atoms with E-state index in [1.807, 2.05) is 20.8 Å². The average Bonchev–Trinajstić information content (AvgIpc) is 2.14. The van der Waals surface area contributed by atoms with Crippen molar-refractivity contribution in [3.63, 3.8) is 0 Å². The Hall–Kier alpha value is 0.537. The second-order valence-electron chi connectivity index (χ2n) is 4.52. The van der Waals surface area contributed by atoms with E-state index in [4.69, 9.17) is 0 Å². The molecule has 0 aromatic rings. The fourth-order valence-corrected chi connectivity index (χ4v) is 1.96. The third-order valence-electron chi connectivity index (χ3n) is 2.93. The van der Waals surface area contributed by atoms with Gasteiger partial charge >= 0.3 is 48.4 Å². The van der Waals surface area contributed by atoms with E-state index in [2.05, 4.69) is 0 Å². The molecular weight excluding hydrogens is 238 g/mol. The molecule has 0 aliphatic rings. The molecule has 1 atom stereocenters. The summed E-state index contributed by atoms with van der Waals surface area (Å²) >= 11 is 0. The quantitative estimate of drug-likeness (QED) is 0.246. The molecule has 0 bridgehead atoms. The minimum absolute atomic E-state index is 0. The molecule has 0 aliphatic carbocycles. The molecule has 0 rings (SSSR count). The van der Waals surface area contributed by atoms with Crippen LogP contribution in [-0.2, 0) is 9.59 Å². The van der Waals surface area contributed by atoms with Gasteiger partial charge in [0.15, 0.2) is 0 Å². The first-order valence-electron chi connectivity index (χ1n) is 5.83. The van der Waals surface area contributed by atoms with Crippen LogP contribution in [0.1, 0.15) is 46.5 Å². The van der Waals surface area contributed by atoms with Gasteiger partial charge in [-0.05, 0) is 18.3 Å². The van der Waals surface area contributed by atoms with Gasteiger partial charge in [0.2, 0.25) is 0 Å². The summed E-state index contributed by atoms with van der Waals surface area (Å²) in [4.78, 5) is 21.6. The molecule has 4 nitrogen and oxygen atoms in total. The Labute approximate surface area is 143 Å². The Bertz CT molecular complexity index is 232. The Morgan fingerprint density at radius 3 is 1.78 bits per heavy atom. The largest absolute Gasteiger partial charge is 1.00 e. The number of carboxylic acids is 2. The van der Waals surface area contributed by atoms with Gasteiger partial charge in [-0.1, -0.05) is 40.0 Å². The van der Waals surface area contributed by atoms with Crippen molar-refractivity contribution in [2.45, 2.75) is 46.5 Å². The average molecular weight is 258 g/mol. The molecule has 0 fully saturated rings. The molecule has 0 aromatic heterocycles. The Balaban J connectivity index is -0.00000112. The summed E-state index contributed by atoms with van der Waals surface area (Å²) in [7, 11) is 0. The molecule has 0 aromatic carbocycles. The molecule has 0 heterocycles. The first kappa shape index (κ1) is 23.6. The Kier molecular flexibility index (Phi) is 16.5. The Morgan fingerprint density at radius 1 is 1.06 bits per heavy atom. The number of carbonyl (C=O) groups excluding carboxylic acids is 2. The van der Waals surface area contributed by atoms with Crippen LogP contribution in [0.4, 0.5) is 0 Å². The Morgan fingerprint density at radius 2 is 1.50 bits per heavy atom. The maximum Gasteiger partial charge on any atom is 1.00 e. The number of hydrogen-bond acceptors (Lipinski definition) is 4. The van der Waals surface area contributed by atoms with Crippen LogP contribution in [0.25, 0.3) is 0 Å². The van der Waals surface area contributed by atoms with Crippen LogP contribution in [-0.4, -0.2) is 11.9 Å². The molecule has 0 aliphatic heterocycles. The van der Waals surface area contributed by atoms with Crippen LogP contribution in [0.3, 0.4) is 0 Å². The minimum Gasteiger partial charge on any atom is -0.549 e. The first-order valence-corrected chi connectivity index (χ1v) is 5.83. The summed E-state index contributed by atoms with van der Waals surface area (Å²) in [6.45, 7) is 5.70. The topological polar surface area (TPSA) is 80.3 Å². The molecule has 1 unspecified atom stereocenters. The molecule has 0 saturated carbocycles. The number of aliphatic carboxylic acids is 2. The van der Waals surface area contributed by atoms with E-state index in [-0.39, 0.29) is 54.3 Å². The van der Waals surface area contributed by atoms with Crippen molar-refractivity contribution in [2.75, 3.05) is 0 Å². The second kappa shape index (κ2) is 12.6. The summed E-state index contributed by atoms with van der Waals surface area (Å²) in [5.41, 5.74) is 0. The third-order valence-corrected chi connectivity index (χ3v) is 2.93. The van der Waals surface area contributed by atoms with E-state index in [1.165, 1.54) is 0 Å². The van der Waals surface area contributed by atoms with Gasteiger partial charge in [-0.2, -0.15) is 0 Å². The number of carbonyl (C=O) groups is 2. The summed E-state index contributed by atoms with van der Waals surface area (Å²) < 4.78 is 0. The molecule has 6 heteroatoms. The van der Waals surface area contributed by atoms with Crippen LogP contribution in [0.15, 0.2) is 0 Å². The number of hydrogen-bond donors (Lipinski definition) is 0. The summed E-state index contributed by atoms with van der Waals surface area (Å²) in [5.74, 6) is -4.96. The van der Waals surface area contributed by atoms with Gasteiger partial charge in [-0.3, -0.25) is 0 Å². The zero-order chi connectivity index (χ0) is 12.7. The van der Waals surface area contributed by atoms with E-state index < -0.39 is 23.8 Å². The van der Waals surface area contributed by atoms with Crippen molar-refractivity contribution >= 4 is 11.9 Å². The monoisotopic (exact) mass is 258 g/mol. The van der Waals surface area contributed by atoms with Gasteiger partial charge in [0, 0.05) is 5.92 Å². The number of unbranched alkanes of at least 4 members (excludes halogenated alkanes) is 2. The summed E-state index contributed by atoms with van der Waals surface area (Å²) in [6.07, 6.45) is 3.44. The SMILES string of the molecule is CCCCCC(C(C)C)C(C(=O)[O-])C(=O)[O-].[Li+].[Na+]. The standard InChI is InChI=1S/C12H22O4.Li.Na/c1-4-5-6-7-9(8(2)3)10(11(13)14)12(15)16;;/h8-10H,4-7H2,1-3H3,(H,13,14)(H,15,16);;/q;2*+1/p-2. The van der Waals surface area contributed by atoms with Crippen molar-refractivity contribution < 1.29 is 68.2 Å². The molecule has 18 heavy (non-hydrogen) atoms. The van der Waals surface area contributed by atoms with Gasteiger partial charge in [-0.25, -0.2) is 0 Å². The fraction of sp³-hybridized carbons (Fsp3) is 0.833. The third kappa shape index (κ3) is 8.61. The number of rotatable bonds is 8. The van der Waals surface area contributed by atoms with E-state index >= 15 is 0 Å². The van der Waals surface area contributed by atoms with Crippen LogP contribution in [0.5, 0.6) is 0 Å². The maximum absolute atomic E-state index is 10.8. The smallest absolute Gasteiger partial charge is 0.549 e. The van der Waals surface area contributed by atoms with Crippen LogP contribution in [0, 0.1) is 17.8 Å². The van der Waals surface area contributed by atoms with E-state index in [1.54, 1.807) is 0 Å². The van der Waals surface area contributed by atoms with Crippen molar-refractivity contribution in [1.29, 1.82) is 0 Å². The molecule has 0 radical (unpaired) electrons. The predicted octanol–water partition coefficient (Wildman–Crippen LogP) is -6.04. The zero-order valence-electron chi connectivity index (χ0n) is 12.2. The van der Waals surface area contributed by atoms with Gasteiger partial charge in [-0.15, -0.1) is 0 Å². The molecule has 0 N–H and O–H groups in total. The number of carboxylic acid groups (broad SMARTS) is 2. The summed E-state index contributed by atoms with van der Waals surface area (Å²) in [6, 6.07) is 0. The van der Waals surface area contributed by atoms with Gasteiger partial charge < -0.3 is 19.8 Å². The molecular formula is C12H20LiNaO4. The van der Waals surface area contributed by atoms with Crippen molar-refractivity contribution in [3.05, 3.63) is 0 Å². The maximum atomic E-state index is 10.8. The van der Waals surface area contributed by atoms with Crippen LogP contribution >= 0.6 is 0 Å². The van der Waals surface area contributed by atoms with E-state index in [0.717, 1.165) is 19.3 Å². The van der Waals surface area contributed by atoms with Crippen molar-refractivity contribution in [3.8, 4) is 0 Å². The predicted molar refractivity (Wildman–Crippen MR) is 56.0 cm³/mol. The fourth-order valence-electron chi connectivity index (χ4n) is 1.96. The molecule has 0 spiro atoms. The van der Waals surface area contributed by atoms with Crippen LogP contribution < -0.4 is 58.6 Å².